The first-order chi connectivity index (χ1) is 33.9. The van der Waals surface area contributed by atoms with Crippen LogP contribution >= 0.6 is 0 Å². The number of nitrogens with zero attached hydrogens (tertiary/aromatic N) is 5. The molecule has 0 saturated heterocycles. The van der Waals surface area contributed by atoms with E-state index in [4.69, 9.17) is 14.2 Å². The lowest BCUT2D eigenvalue weighted by atomic mass is 10.0. The van der Waals surface area contributed by atoms with E-state index < -0.39 is 11.9 Å². The van der Waals surface area contributed by atoms with Crippen molar-refractivity contribution in [2.45, 2.75) is 123 Å². The summed E-state index contributed by atoms with van der Waals surface area (Å²) in [5.74, 6) is 0.606. The molecule has 358 valence electrons. The van der Waals surface area contributed by atoms with Crippen LogP contribution in [0.3, 0.4) is 0 Å². The summed E-state index contributed by atoms with van der Waals surface area (Å²) in [6.07, 6.45) is 23.4. The van der Waals surface area contributed by atoms with Gasteiger partial charge in [0.25, 0.3) is 0 Å². The summed E-state index contributed by atoms with van der Waals surface area (Å²) in [7, 11) is 0. The Kier molecular flexibility index (Phi) is 22.0. The highest BCUT2D eigenvalue weighted by atomic mass is 16.5. The van der Waals surface area contributed by atoms with Crippen LogP contribution in [0.5, 0.6) is 17.2 Å². The molecule has 0 radical (unpaired) electrons. The average molecular weight is 926 g/mol. The maximum atomic E-state index is 13.0. The molecule has 0 fully saturated rings. The predicted molar refractivity (Wildman–Crippen MR) is 279 cm³/mol. The van der Waals surface area contributed by atoms with E-state index in [0.717, 1.165) is 29.8 Å². The summed E-state index contributed by atoms with van der Waals surface area (Å²) < 4.78 is 17.1. The Morgan fingerprint density at radius 1 is 0.420 bits per heavy atom. The van der Waals surface area contributed by atoms with E-state index in [2.05, 4.69) is 51.4 Å². The third-order valence-corrected chi connectivity index (χ3v) is 11.6. The van der Waals surface area contributed by atoms with Crippen molar-refractivity contribution in [2.75, 3.05) is 6.61 Å². The van der Waals surface area contributed by atoms with Crippen LogP contribution in [-0.4, -0.2) is 24.8 Å². The molecule has 0 heterocycles. The lowest BCUT2D eigenvalue weighted by molar-refractivity contribution is 0.0725. The molecule has 0 atom stereocenters. The van der Waals surface area contributed by atoms with Crippen molar-refractivity contribution in [2.24, 2.45) is 25.4 Å². The van der Waals surface area contributed by atoms with Crippen LogP contribution in [0.25, 0.3) is 0 Å². The number of aliphatic imine (C=N–C) groups is 1. The lowest BCUT2D eigenvalue weighted by Crippen LogP contribution is -2.08. The Morgan fingerprint density at radius 3 is 1.36 bits per heavy atom. The molecular weight excluding hydrogens is 859 g/mol. The minimum Gasteiger partial charge on any atom is -0.494 e. The van der Waals surface area contributed by atoms with Crippen molar-refractivity contribution in [3.63, 3.8) is 0 Å². The van der Waals surface area contributed by atoms with Crippen molar-refractivity contribution < 1.29 is 23.8 Å². The van der Waals surface area contributed by atoms with E-state index >= 15 is 0 Å². The highest BCUT2D eigenvalue weighted by molar-refractivity contribution is 5.93. The fraction of sp³-hybridized carbons (Fsp3) is 0.339. The van der Waals surface area contributed by atoms with Gasteiger partial charge in [-0.3, -0.25) is 4.99 Å². The Hall–Kier alpha value is -7.07. The van der Waals surface area contributed by atoms with Gasteiger partial charge in [0, 0.05) is 6.21 Å². The lowest BCUT2D eigenvalue weighted by Gasteiger charge is -2.06. The number of carbonyl (C=O) groups excluding carboxylic acids is 2. The zero-order chi connectivity index (χ0) is 48.1. The first-order valence-corrected chi connectivity index (χ1v) is 25.0. The van der Waals surface area contributed by atoms with E-state index in [1.165, 1.54) is 102 Å². The van der Waals surface area contributed by atoms with Gasteiger partial charge in [-0.25, -0.2) is 9.59 Å². The number of rotatable bonds is 29. The molecule has 0 bridgehead atoms. The molecular formula is C59H67N5O5. The van der Waals surface area contributed by atoms with Gasteiger partial charge in [0.2, 0.25) is 0 Å². The van der Waals surface area contributed by atoms with Crippen LogP contribution in [0.1, 0.15) is 148 Å². The summed E-state index contributed by atoms with van der Waals surface area (Å²) in [6.45, 7) is 5.22. The van der Waals surface area contributed by atoms with E-state index in [9.17, 15) is 9.59 Å². The van der Waals surface area contributed by atoms with E-state index in [1.54, 1.807) is 103 Å². The minimum atomic E-state index is -0.516. The Bertz CT molecular complexity index is 2520. The number of carbonyl (C=O) groups is 2. The van der Waals surface area contributed by atoms with Crippen molar-refractivity contribution >= 4 is 46.6 Å². The van der Waals surface area contributed by atoms with Crippen molar-refractivity contribution in [3.05, 3.63) is 168 Å². The third-order valence-electron chi connectivity index (χ3n) is 11.6. The average Bonchev–Trinajstić information content (AvgIpc) is 3.39. The molecule has 0 aromatic heterocycles. The van der Waals surface area contributed by atoms with Crippen LogP contribution in [0.4, 0.5) is 28.4 Å². The number of hydrogen-bond donors (Lipinski definition) is 0. The predicted octanol–water partition coefficient (Wildman–Crippen LogP) is 17.9. The topological polar surface area (TPSA) is 124 Å². The number of unbranched alkanes of at least 4 members (excludes halogenated alkanes) is 14. The van der Waals surface area contributed by atoms with Crippen molar-refractivity contribution in [1.29, 1.82) is 0 Å². The fourth-order valence-corrected chi connectivity index (χ4v) is 7.52. The molecule has 0 aliphatic carbocycles. The number of azo groups is 2. The number of aryl methyl sites for hydroxylation is 1. The van der Waals surface area contributed by atoms with E-state index in [-0.39, 0.29) is 0 Å². The second kappa shape index (κ2) is 29.6. The second-order valence-corrected chi connectivity index (χ2v) is 17.3. The zero-order valence-electron chi connectivity index (χ0n) is 40.4. The van der Waals surface area contributed by atoms with Crippen molar-refractivity contribution in [3.8, 4) is 17.2 Å². The van der Waals surface area contributed by atoms with Crippen LogP contribution < -0.4 is 14.2 Å². The Morgan fingerprint density at radius 2 is 0.855 bits per heavy atom. The van der Waals surface area contributed by atoms with Gasteiger partial charge in [-0.2, -0.15) is 20.5 Å². The van der Waals surface area contributed by atoms with E-state index in [1.807, 2.05) is 36.4 Å². The Labute approximate surface area is 409 Å². The van der Waals surface area contributed by atoms with Gasteiger partial charge in [0.1, 0.15) is 17.2 Å². The summed E-state index contributed by atoms with van der Waals surface area (Å²) in [5, 5.41) is 17.4. The van der Waals surface area contributed by atoms with Gasteiger partial charge in [0.15, 0.2) is 0 Å². The van der Waals surface area contributed by atoms with Gasteiger partial charge in [-0.1, -0.05) is 134 Å². The number of ether oxygens (including phenoxy) is 3. The molecule has 10 nitrogen and oxygen atoms in total. The fourth-order valence-electron chi connectivity index (χ4n) is 7.52. The first-order valence-electron chi connectivity index (χ1n) is 25.0. The molecule has 0 saturated carbocycles. The van der Waals surface area contributed by atoms with Crippen LogP contribution in [0, 0.1) is 0 Å². The number of benzene rings is 6. The van der Waals surface area contributed by atoms with Gasteiger partial charge in [-0.15, -0.1) is 0 Å². The summed E-state index contributed by atoms with van der Waals surface area (Å²) >= 11 is 0. The largest absolute Gasteiger partial charge is 0.494 e. The molecule has 0 aliphatic rings. The van der Waals surface area contributed by atoms with Gasteiger partial charge < -0.3 is 14.2 Å². The molecule has 6 aromatic rings. The molecule has 0 amide bonds. The highest BCUT2D eigenvalue weighted by Gasteiger charge is 2.11. The summed E-state index contributed by atoms with van der Waals surface area (Å²) in [6, 6.07) is 43.4. The second-order valence-electron chi connectivity index (χ2n) is 17.3. The van der Waals surface area contributed by atoms with Crippen LogP contribution in [0.15, 0.2) is 171 Å². The molecule has 69 heavy (non-hydrogen) atoms. The molecule has 6 rings (SSSR count). The first kappa shape index (κ1) is 51.3. The minimum absolute atomic E-state index is 0.349. The summed E-state index contributed by atoms with van der Waals surface area (Å²) in [5.41, 5.74) is 6.17. The molecule has 0 unspecified atom stereocenters. The maximum absolute atomic E-state index is 13.0. The van der Waals surface area contributed by atoms with Crippen LogP contribution in [0.2, 0.25) is 0 Å². The molecule has 0 aliphatic heterocycles. The van der Waals surface area contributed by atoms with Gasteiger partial charge in [0.05, 0.1) is 46.2 Å². The smallest absolute Gasteiger partial charge is 0.343 e. The van der Waals surface area contributed by atoms with E-state index in [0.29, 0.717) is 52.0 Å². The number of esters is 2. The Balaban J connectivity index is 0.890. The quantitative estimate of drug-likeness (QED) is 0.0152. The normalized spacial score (nSPS) is 11.4. The SMILES string of the molecule is CCCCCCCCCCOc1ccc(N=Nc2ccc(OC(=O)c3cccc(N=Cc4ccc(C(=O)Oc5ccc(N=Nc6ccc(CCCCCCCCCC)cc6)cc5)cc4)c3)cc2)cc1. The zero-order valence-corrected chi connectivity index (χ0v) is 40.4. The molecule has 10 heteroatoms. The molecule has 0 N–H and O–H groups in total. The molecule has 0 spiro atoms. The third kappa shape index (κ3) is 19.2. The van der Waals surface area contributed by atoms with Crippen molar-refractivity contribution in [1.82, 2.24) is 0 Å². The highest BCUT2D eigenvalue weighted by Crippen LogP contribution is 2.26. The monoisotopic (exact) mass is 926 g/mol. The van der Waals surface area contributed by atoms with Gasteiger partial charge in [-0.05, 0) is 146 Å². The maximum Gasteiger partial charge on any atom is 0.343 e. The summed E-state index contributed by atoms with van der Waals surface area (Å²) in [4.78, 5) is 30.5. The van der Waals surface area contributed by atoms with Gasteiger partial charge >= 0.3 is 11.9 Å². The standard InChI is InChI=1S/C59H67N5O5/c1-3-5-7-9-11-13-15-17-20-46-25-29-50(30-26-46)61-63-52-33-39-56(40-34-52)68-58(65)48-27-23-47(24-28-48)45-60-54-22-19-21-49(44-54)59(66)69-57-41-35-53(36-42-57)64-62-51-31-37-55(38-32-51)67-43-18-16-14-12-10-8-6-4-2/h19,21-42,44-45H,3-18,20,43H2,1-2H3. The molecule has 6 aromatic carbocycles. The van der Waals surface area contributed by atoms with Crippen LogP contribution in [-0.2, 0) is 6.42 Å². The number of hydrogen-bond acceptors (Lipinski definition) is 10.